The van der Waals surface area contributed by atoms with Gasteiger partial charge in [-0.25, -0.2) is 0 Å². The molecule has 0 amide bonds. The summed E-state index contributed by atoms with van der Waals surface area (Å²) in [5, 5.41) is 8.38. The molecule has 0 aliphatic heterocycles. The van der Waals surface area contributed by atoms with Gasteiger partial charge in [-0.2, -0.15) is 0 Å². The molecule has 0 N–H and O–H groups in total. The predicted molar refractivity (Wildman–Crippen MR) is 73.9 cm³/mol. The van der Waals surface area contributed by atoms with Crippen LogP contribution in [0.2, 0.25) is 10.3 Å². The molecule has 0 aliphatic rings. The van der Waals surface area contributed by atoms with Gasteiger partial charge in [-0.05, 0) is 11.8 Å². The number of aromatic nitrogens is 2. The second-order valence-electron chi connectivity index (χ2n) is 5.04. The molecule has 0 atom stereocenters. The van der Waals surface area contributed by atoms with Crippen LogP contribution in [0.25, 0.3) is 0 Å². The molecule has 0 aliphatic carbocycles. The second-order valence-corrected chi connectivity index (χ2v) is 5.78. The maximum atomic E-state index is 6.08. The number of nitrogens with zero attached hydrogens (tertiary/aromatic N) is 3. The first-order valence-electron chi connectivity index (χ1n) is 5.83. The van der Waals surface area contributed by atoms with Crippen LogP contribution in [-0.2, 0) is 0 Å². The molecule has 0 saturated heterocycles. The minimum absolute atomic E-state index is 0.377. The van der Waals surface area contributed by atoms with Gasteiger partial charge in [-0.3, -0.25) is 0 Å². The van der Waals surface area contributed by atoms with Crippen molar-refractivity contribution >= 4 is 28.9 Å². The van der Waals surface area contributed by atoms with E-state index in [-0.39, 0.29) is 0 Å². The molecule has 1 aromatic rings. The van der Waals surface area contributed by atoms with Crippen LogP contribution < -0.4 is 4.90 Å². The lowest BCUT2D eigenvalue weighted by Crippen LogP contribution is -2.31. The summed E-state index contributed by atoms with van der Waals surface area (Å²) in [6, 6.07) is 1.78. The summed E-state index contributed by atoms with van der Waals surface area (Å²) >= 11 is 12.0. The first kappa shape index (κ1) is 14.5. The van der Waals surface area contributed by atoms with Crippen LogP contribution in [0.15, 0.2) is 6.07 Å². The SMILES string of the molecule is CC(C)CN(CC(C)C)c1cc(Cl)nnc1Cl. The lowest BCUT2D eigenvalue weighted by atomic mass is 10.1. The molecule has 0 spiro atoms. The van der Waals surface area contributed by atoms with Gasteiger partial charge in [0.2, 0.25) is 0 Å². The Morgan fingerprint density at radius 2 is 1.59 bits per heavy atom. The highest BCUT2D eigenvalue weighted by atomic mass is 35.5. The highest BCUT2D eigenvalue weighted by Gasteiger charge is 2.15. The lowest BCUT2D eigenvalue weighted by molar-refractivity contribution is 0.552. The number of hydrogen-bond acceptors (Lipinski definition) is 3. The van der Waals surface area contributed by atoms with Crippen molar-refractivity contribution in [3.05, 3.63) is 16.4 Å². The van der Waals surface area contributed by atoms with Crippen LogP contribution in [0.1, 0.15) is 27.7 Å². The average molecular weight is 276 g/mol. The Hall–Kier alpha value is -0.540. The van der Waals surface area contributed by atoms with E-state index in [0.717, 1.165) is 18.8 Å². The number of hydrogen-bond donors (Lipinski definition) is 0. The van der Waals surface area contributed by atoms with E-state index >= 15 is 0 Å². The fourth-order valence-electron chi connectivity index (χ4n) is 1.72. The Kier molecular flexibility index (Phi) is 5.47. The van der Waals surface area contributed by atoms with Crippen LogP contribution in [0, 0.1) is 11.8 Å². The Balaban J connectivity index is 2.98. The second kappa shape index (κ2) is 6.41. The molecule has 1 rings (SSSR count). The average Bonchev–Trinajstić information content (AvgIpc) is 2.19. The molecule has 0 fully saturated rings. The van der Waals surface area contributed by atoms with Gasteiger partial charge in [0.15, 0.2) is 10.3 Å². The van der Waals surface area contributed by atoms with Gasteiger partial charge in [0.25, 0.3) is 0 Å². The summed E-state index contributed by atoms with van der Waals surface area (Å²) in [7, 11) is 0. The quantitative estimate of drug-likeness (QED) is 0.816. The van der Waals surface area contributed by atoms with Crippen LogP contribution in [0.5, 0.6) is 0 Å². The van der Waals surface area contributed by atoms with Crippen LogP contribution in [-0.4, -0.2) is 23.3 Å². The summed E-state index contributed by atoms with van der Waals surface area (Å²) in [4.78, 5) is 2.22. The van der Waals surface area contributed by atoms with Gasteiger partial charge in [0, 0.05) is 19.2 Å². The molecular weight excluding hydrogens is 257 g/mol. The van der Waals surface area contributed by atoms with Crippen molar-refractivity contribution in [3.63, 3.8) is 0 Å². The van der Waals surface area contributed by atoms with E-state index in [4.69, 9.17) is 23.2 Å². The largest absolute Gasteiger partial charge is 0.368 e. The third-order valence-corrected chi connectivity index (χ3v) is 2.67. The van der Waals surface area contributed by atoms with E-state index < -0.39 is 0 Å². The fraction of sp³-hybridized carbons (Fsp3) is 0.667. The number of rotatable bonds is 5. The van der Waals surface area contributed by atoms with Gasteiger partial charge in [0.05, 0.1) is 5.69 Å². The van der Waals surface area contributed by atoms with Gasteiger partial charge < -0.3 is 4.90 Å². The normalized spacial score (nSPS) is 11.3. The van der Waals surface area contributed by atoms with Crippen LogP contribution in [0.4, 0.5) is 5.69 Å². The Morgan fingerprint density at radius 1 is 1.06 bits per heavy atom. The fourth-order valence-corrected chi connectivity index (χ4v) is 2.07. The van der Waals surface area contributed by atoms with Gasteiger partial charge in [-0.1, -0.05) is 50.9 Å². The molecule has 0 saturated carbocycles. The van der Waals surface area contributed by atoms with E-state index in [9.17, 15) is 0 Å². The maximum absolute atomic E-state index is 6.08. The summed E-state index contributed by atoms with van der Waals surface area (Å²) in [6.07, 6.45) is 0. The Bertz CT molecular complexity index is 357. The standard InChI is InChI=1S/C12H19Cl2N3/c1-8(2)6-17(7-9(3)4)10-5-11(13)15-16-12(10)14/h5,8-9H,6-7H2,1-4H3. The highest BCUT2D eigenvalue weighted by Crippen LogP contribution is 2.26. The van der Waals surface area contributed by atoms with Crippen LogP contribution in [0.3, 0.4) is 0 Å². The molecule has 96 valence electrons. The van der Waals surface area contributed by atoms with Crippen molar-refractivity contribution in [2.45, 2.75) is 27.7 Å². The van der Waals surface area contributed by atoms with E-state index in [1.165, 1.54) is 0 Å². The minimum Gasteiger partial charge on any atom is -0.368 e. The predicted octanol–water partition coefficient (Wildman–Crippen LogP) is 3.90. The lowest BCUT2D eigenvalue weighted by Gasteiger charge is -2.28. The van der Waals surface area contributed by atoms with E-state index in [2.05, 4.69) is 42.8 Å². The molecule has 17 heavy (non-hydrogen) atoms. The van der Waals surface area contributed by atoms with Crippen molar-refractivity contribution in [2.75, 3.05) is 18.0 Å². The summed E-state index contributed by atoms with van der Waals surface area (Å²) < 4.78 is 0. The van der Waals surface area contributed by atoms with E-state index in [0.29, 0.717) is 22.1 Å². The summed E-state index contributed by atoms with van der Waals surface area (Å²) in [5.41, 5.74) is 0.870. The van der Waals surface area contributed by atoms with E-state index in [1.54, 1.807) is 6.07 Å². The van der Waals surface area contributed by atoms with Crippen molar-refractivity contribution in [1.82, 2.24) is 10.2 Å². The molecule has 3 nitrogen and oxygen atoms in total. The van der Waals surface area contributed by atoms with Crippen molar-refractivity contribution in [1.29, 1.82) is 0 Å². The van der Waals surface area contributed by atoms with Gasteiger partial charge in [0.1, 0.15) is 0 Å². The third-order valence-electron chi connectivity index (χ3n) is 2.21. The first-order chi connectivity index (χ1) is 7.90. The first-order valence-corrected chi connectivity index (χ1v) is 6.59. The summed E-state index contributed by atoms with van der Waals surface area (Å²) in [5.74, 6) is 1.11. The van der Waals surface area contributed by atoms with Crippen molar-refractivity contribution < 1.29 is 0 Å². The smallest absolute Gasteiger partial charge is 0.175 e. The number of halogens is 2. The third kappa shape index (κ3) is 4.68. The van der Waals surface area contributed by atoms with Gasteiger partial charge >= 0.3 is 0 Å². The van der Waals surface area contributed by atoms with Gasteiger partial charge in [-0.15, -0.1) is 10.2 Å². The topological polar surface area (TPSA) is 29.0 Å². The van der Waals surface area contributed by atoms with Crippen LogP contribution >= 0.6 is 23.2 Å². The molecule has 0 aromatic carbocycles. The molecule has 1 heterocycles. The highest BCUT2D eigenvalue weighted by molar-refractivity contribution is 6.33. The van der Waals surface area contributed by atoms with E-state index in [1.807, 2.05) is 0 Å². The molecule has 0 unspecified atom stereocenters. The van der Waals surface area contributed by atoms with Crippen molar-refractivity contribution in [3.8, 4) is 0 Å². The maximum Gasteiger partial charge on any atom is 0.175 e. The van der Waals surface area contributed by atoms with Crippen molar-refractivity contribution in [2.24, 2.45) is 11.8 Å². The number of anilines is 1. The molecular formula is C12H19Cl2N3. The molecule has 1 aromatic heterocycles. The monoisotopic (exact) mass is 275 g/mol. The molecule has 5 heteroatoms. The Morgan fingerprint density at radius 3 is 2.06 bits per heavy atom. The zero-order chi connectivity index (χ0) is 13.0. The Labute approximate surface area is 113 Å². The zero-order valence-corrected chi connectivity index (χ0v) is 12.3. The molecule has 0 bridgehead atoms. The summed E-state index contributed by atoms with van der Waals surface area (Å²) in [6.45, 7) is 10.6. The minimum atomic E-state index is 0.377. The molecule has 0 radical (unpaired) electrons. The zero-order valence-electron chi connectivity index (χ0n) is 10.7.